The van der Waals surface area contributed by atoms with Crippen LogP contribution in [0.15, 0.2) is 103 Å². The van der Waals surface area contributed by atoms with E-state index in [-0.39, 0.29) is 0 Å². The summed E-state index contributed by atoms with van der Waals surface area (Å²) in [6, 6.07) is 37.2. The first-order chi connectivity index (χ1) is 20.3. The van der Waals surface area contributed by atoms with Gasteiger partial charge in [0.2, 0.25) is 0 Å². The van der Waals surface area contributed by atoms with Crippen molar-refractivity contribution in [3.05, 3.63) is 120 Å². The van der Waals surface area contributed by atoms with Crippen LogP contribution in [-0.2, 0) is 13.2 Å². The van der Waals surface area contributed by atoms with Gasteiger partial charge in [-0.2, -0.15) is 5.26 Å². The fourth-order valence-electron chi connectivity index (χ4n) is 5.68. The maximum Gasteiger partial charge on any atom is 0.119 e. The molecule has 5 nitrogen and oxygen atoms in total. The molecule has 0 aliphatic carbocycles. The molecule has 0 amide bonds. The first-order valence-corrected chi connectivity index (χ1v) is 14.5. The number of ether oxygens (including phenoxy) is 2. The summed E-state index contributed by atoms with van der Waals surface area (Å²) < 4.78 is 14.3. The second kappa shape index (κ2) is 12.8. The van der Waals surface area contributed by atoms with Gasteiger partial charge < -0.3 is 14.0 Å². The molecule has 4 aromatic carbocycles. The zero-order chi connectivity index (χ0) is 27.9. The number of benzene rings is 4. The maximum absolute atomic E-state index is 10.2. The Kier molecular flexibility index (Phi) is 8.30. The molecular formula is C36H35N3O2. The van der Waals surface area contributed by atoms with E-state index in [9.17, 15) is 5.26 Å². The van der Waals surface area contributed by atoms with Gasteiger partial charge in [0, 0.05) is 18.5 Å². The lowest BCUT2D eigenvalue weighted by atomic mass is 10.1. The summed E-state index contributed by atoms with van der Waals surface area (Å²) in [5.74, 6) is 1.70. The number of fused-ring (bicyclic) bond motifs is 1. The Hall–Kier alpha value is -4.53. The minimum atomic E-state index is 0.516. The lowest BCUT2D eigenvalue weighted by molar-refractivity contribution is 0.183. The predicted molar refractivity (Wildman–Crippen MR) is 164 cm³/mol. The third-order valence-electron chi connectivity index (χ3n) is 7.85. The SMILES string of the molecule is N#Cc1c(-c2ccc(OCc3ccccc3)cc2)n(Cc2ccc(OCCN3CCCCC3)cc2)c2ccccc12. The second-order valence-electron chi connectivity index (χ2n) is 10.6. The van der Waals surface area contributed by atoms with Crippen molar-refractivity contribution >= 4 is 10.9 Å². The van der Waals surface area contributed by atoms with Crippen LogP contribution >= 0.6 is 0 Å². The highest BCUT2D eigenvalue weighted by molar-refractivity contribution is 5.94. The molecule has 5 aromatic rings. The van der Waals surface area contributed by atoms with Crippen molar-refractivity contribution in [3.8, 4) is 28.8 Å². The Morgan fingerprint density at radius 2 is 1.37 bits per heavy atom. The third-order valence-corrected chi connectivity index (χ3v) is 7.85. The zero-order valence-electron chi connectivity index (χ0n) is 23.3. The van der Waals surface area contributed by atoms with Crippen LogP contribution in [0.3, 0.4) is 0 Å². The van der Waals surface area contributed by atoms with E-state index in [1.54, 1.807) is 0 Å². The number of aromatic nitrogens is 1. The second-order valence-corrected chi connectivity index (χ2v) is 10.6. The molecule has 1 aromatic heterocycles. The van der Waals surface area contributed by atoms with Crippen molar-refractivity contribution in [3.63, 3.8) is 0 Å². The van der Waals surface area contributed by atoms with Crippen LogP contribution in [0.5, 0.6) is 11.5 Å². The molecule has 206 valence electrons. The highest BCUT2D eigenvalue weighted by Gasteiger charge is 2.19. The molecule has 0 radical (unpaired) electrons. The normalized spacial score (nSPS) is 13.6. The van der Waals surface area contributed by atoms with Gasteiger partial charge in [-0.05, 0) is 85.1 Å². The summed E-state index contributed by atoms with van der Waals surface area (Å²) in [4.78, 5) is 2.49. The van der Waals surface area contributed by atoms with Gasteiger partial charge in [-0.25, -0.2) is 0 Å². The van der Waals surface area contributed by atoms with Gasteiger partial charge in [-0.3, -0.25) is 4.90 Å². The summed E-state index contributed by atoms with van der Waals surface area (Å²) in [5.41, 5.74) is 5.93. The van der Waals surface area contributed by atoms with Crippen LogP contribution < -0.4 is 9.47 Å². The van der Waals surface area contributed by atoms with E-state index < -0.39 is 0 Å². The molecule has 2 heterocycles. The van der Waals surface area contributed by atoms with E-state index in [0.29, 0.717) is 25.3 Å². The average Bonchev–Trinajstić information content (AvgIpc) is 3.35. The largest absolute Gasteiger partial charge is 0.492 e. The summed E-state index contributed by atoms with van der Waals surface area (Å²) in [6.07, 6.45) is 3.94. The van der Waals surface area contributed by atoms with Crippen LogP contribution in [0, 0.1) is 11.3 Å². The summed E-state index contributed by atoms with van der Waals surface area (Å²) in [7, 11) is 0. The molecule has 0 bridgehead atoms. The topological polar surface area (TPSA) is 50.4 Å². The van der Waals surface area contributed by atoms with Crippen LogP contribution in [0.1, 0.15) is 36.0 Å². The Morgan fingerprint density at radius 1 is 0.683 bits per heavy atom. The number of rotatable bonds is 10. The Labute approximate surface area is 242 Å². The summed E-state index contributed by atoms with van der Waals surface area (Å²) in [6.45, 7) is 5.22. The third kappa shape index (κ3) is 6.29. The number of hydrogen-bond donors (Lipinski definition) is 0. The molecule has 0 unspecified atom stereocenters. The number of piperidine rings is 1. The van der Waals surface area contributed by atoms with Gasteiger partial charge in [0.05, 0.1) is 16.8 Å². The van der Waals surface area contributed by atoms with E-state index >= 15 is 0 Å². The first-order valence-electron chi connectivity index (χ1n) is 14.5. The van der Waals surface area contributed by atoms with Crippen LogP contribution in [0.2, 0.25) is 0 Å². The smallest absolute Gasteiger partial charge is 0.119 e. The standard InChI is InChI=1S/C36H35N3O2/c37-25-34-33-11-5-6-12-35(33)39(26-28-13-17-31(18-14-28)40-24-23-38-21-7-2-8-22-38)36(34)30-15-19-32(20-16-30)41-27-29-9-3-1-4-10-29/h1,3-6,9-20H,2,7-8,21-24,26-27H2. The molecule has 1 aliphatic rings. The fourth-order valence-corrected chi connectivity index (χ4v) is 5.68. The molecule has 5 heteroatoms. The van der Waals surface area contributed by atoms with Crippen LogP contribution in [-0.4, -0.2) is 35.7 Å². The number of nitriles is 1. The molecule has 6 rings (SSSR count). The summed E-state index contributed by atoms with van der Waals surface area (Å²) >= 11 is 0. The van der Waals surface area contributed by atoms with E-state index in [4.69, 9.17) is 9.47 Å². The van der Waals surface area contributed by atoms with Crippen LogP contribution in [0.25, 0.3) is 22.2 Å². The molecule has 1 saturated heterocycles. The van der Waals surface area contributed by atoms with E-state index in [1.807, 2.05) is 60.7 Å². The quantitative estimate of drug-likeness (QED) is 0.182. The highest BCUT2D eigenvalue weighted by atomic mass is 16.5. The van der Waals surface area contributed by atoms with Gasteiger partial charge in [0.15, 0.2) is 0 Å². The Bertz CT molecular complexity index is 1610. The molecule has 0 N–H and O–H groups in total. The van der Waals surface area contributed by atoms with Crippen molar-refractivity contribution in [1.82, 2.24) is 9.47 Å². The van der Waals surface area contributed by atoms with Gasteiger partial charge in [-0.1, -0.05) is 67.1 Å². The average molecular weight is 542 g/mol. The molecule has 0 saturated carbocycles. The maximum atomic E-state index is 10.2. The molecule has 1 aliphatic heterocycles. The van der Waals surface area contributed by atoms with E-state index in [1.165, 1.54) is 32.4 Å². The van der Waals surface area contributed by atoms with E-state index in [2.05, 4.69) is 58.0 Å². The van der Waals surface area contributed by atoms with Crippen molar-refractivity contribution in [2.45, 2.75) is 32.4 Å². The van der Waals surface area contributed by atoms with Crippen molar-refractivity contribution < 1.29 is 9.47 Å². The Morgan fingerprint density at radius 3 is 2.12 bits per heavy atom. The molecule has 0 atom stereocenters. The van der Waals surface area contributed by atoms with Crippen molar-refractivity contribution in [1.29, 1.82) is 5.26 Å². The number of likely N-dealkylation sites (tertiary alicyclic amines) is 1. The van der Waals surface area contributed by atoms with Gasteiger partial charge in [0.25, 0.3) is 0 Å². The van der Waals surface area contributed by atoms with E-state index in [0.717, 1.165) is 51.3 Å². The fraction of sp³-hybridized carbons (Fsp3) is 0.250. The summed E-state index contributed by atoms with van der Waals surface area (Å²) in [5, 5.41) is 11.2. The van der Waals surface area contributed by atoms with Crippen molar-refractivity contribution in [2.75, 3.05) is 26.2 Å². The van der Waals surface area contributed by atoms with Crippen LogP contribution in [0.4, 0.5) is 0 Å². The zero-order valence-corrected chi connectivity index (χ0v) is 23.3. The van der Waals surface area contributed by atoms with Gasteiger partial charge in [0.1, 0.15) is 30.8 Å². The number of para-hydroxylation sites is 1. The van der Waals surface area contributed by atoms with Crippen molar-refractivity contribution in [2.24, 2.45) is 0 Å². The molecular weight excluding hydrogens is 506 g/mol. The minimum Gasteiger partial charge on any atom is -0.492 e. The lowest BCUT2D eigenvalue weighted by Gasteiger charge is -2.26. The lowest BCUT2D eigenvalue weighted by Crippen LogP contribution is -2.33. The minimum absolute atomic E-state index is 0.516. The molecule has 1 fully saturated rings. The monoisotopic (exact) mass is 541 g/mol. The number of nitrogens with zero attached hydrogens (tertiary/aromatic N) is 3. The predicted octanol–water partition coefficient (Wildman–Crippen LogP) is 7.67. The number of hydrogen-bond acceptors (Lipinski definition) is 4. The van der Waals surface area contributed by atoms with Gasteiger partial charge >= 0.3 is 0 Å². The first kappa shape index (κ1) is 26.7. The molecule has 0 spiro atoms. The Balaban J connectivity index is 1.21. The molecule has 41 heavy (non-hydrogen) atoms. The highest BCUT2D eigenvalue weighted by Crippen LogP contribution is 2.35. The van der Waals surface area contributed by atoms with Gasteiger partial charge in [-0.15, -0.1) is 0 Å².